The van der Waals surface area contributed by atoms with Crippen LogP contribution < -0.4 is 5.73 Å². The van der Waals surface area contributed by atoms with E-state index in [0.29, 0.717) is 12.1 Å². The summed E-state index contributed by atoms with van der Waals surface area (Å²) in [6.07, 6.45) is 1.57. The van der Waals surface area contributed by atoms with Crippen LogP contribution >= 0.6 is 0 Å². The molecule has 2 N–H and O–H groups in total. The third-order valence-corrected chi connectivity index (χ3v) is 2.17. The Labute approximate surface area is 91.7 Å². The van der Waals surface area contributed by atoms with Gasteiger partial charge in [0.2, 0.25) is 0 Å². The number of aromatic nitrogens is 2. The largest absolute Gasteiger partial charge is 0.381 e. The zero-order valence-electron chi connectivity index (χ0n) is 8.39. The monoisotopic (exact) mass is 216 g/mol. The Bertz CT molecular complexity index is 536. The molecule has 0 aliphatic heterocycles. The van der Waals surface area contributed by atoms with Crippen LogP contribution in [0.3, 0.4) is 0 Å². The lowest BCUT2D eigenvalue weighted by Crippen LogP contribution is -2.00. The standard InChI is InChI=1S/C11H9FN4/c12-10-3-1-8(2-4-10)6-16-7-9(5-13)11(14)15-16/h1-4,7H,6H2,(H2,14,15). The molecular formula is C11H9FN4. The van der Waals surface area contributed by atoms with Crippen LogP contribution in [-0.4, -0.2) is 9.78 Å². The molecule has 0 saturated heterocycles. The summed E-state index contributed by atoms with van der Waals surface area (Å²) in [5.74, 6) is -0.0638. The smallest absolute Gasteiger partial charge is 0.163 e. The van der Waals surface area contributed by atoms with Crippen LogP contribution in [0.15, 0.2) is 30.5 Å². The van der Waals surface area contributed by atoms with Gasteiger partial charge in [-0.15, -0.1) is 0 Å². The third-order valence-electron chi connectivity index (χ3n) is 2.17. The highest BCUT2D eigenvalue weighted by molar-refractivity contribution is 5.46. The van der Waals surface area contributed by atoms with Gasteiger partial charge < -0.3 is 5.73 Å². The molecule has 0 atom stereocenters. The molecule has 4 nitrogen and oxygen atoms in total. The van der Waals surface area contributed by atoms with Crippen LogP contribution in [0.5, 0.6) is 0 Å². The van der Waals surface area contributed by atoms with Crippen molar-refractivity contribution >= 4 is 5.82 Å². The van der Waals surface area contributed by atoms with Crippen LogP contribution in [0.2, 0.25) is 0 Å². The van der Waals surface area contributed by atoms with Gasteiger partial charge in [0.25, 0.3) is 0 Å². The molecule has 0 fully saturated rings. The number of nitrogen functional groups attached to an aromatic ring is 1. The Kier molecular flexibility index (Phi) is 2.56. The summed E-state index contributed by atoms with van der Waals surface area (Å²) in [6, 6.07) is 8.04. The highest BCUT2D eigenvalue weighted by Crippen LogP contribution is 2.10. The molecule has 5 heteroatoms. The van der Waals surface area contributed by atoms with Gasteiger partial charge in [-0.3, -0.25) is 4.68 Å². The molecule has 1 aromatic heterocycles. The van der Waals surface area contributed by atoms with E-state index in [9.17, 15) is 4.39 Å². The van der Waals surface area contributed by atoms with E-state index < -0.39 is 0 Å². The fourth-order valence-electron chi connectivity index (χ4n) is 1.38. The molecule has 0 unspecified atom stereocenters. The summed E-state index contributed by atoms with van der Waals surface area (Å²) < 4.78 is 14.2. The van der Waals surface area contributed by atoms with Crippen molar-refractivity contribution in [3.63, 3.8) is 0 Å². The Morgan fingerprint density at radius 1 is 1.38 bits per heavy atom. The first kappa shape index (κ1) is 10.2. The SMILES string of the molecule is N#Cc1cn(Cc2ccc(F)cc2)nc1N. The Balaban J connectivity index is 2.21. The zero-order chi connectivity index (χ0) is 11.5. The number of hydrogen-bond donors (Lipinski definition) is 1. The third kappa shape index (κ3) is 2.01. The minimum atomic E-state index is -0.276. The van der Waals surface area contributed by atoms with Crippen molar-refractivity contribution in [1.82, 2.24) is 9.78 Å². The lowest BCUT2D eigenvalue weighted by Gasteiger charge is -2.00. The number of hydrogen-bond acceptors (Lipinski definition) is 3. The van der Waals surface area contributed by atoms with E-state index in [2.05, 4.69) is 5.10 Å². The molecule has 2 rings (SSSR count). The second kappa shape index (κ2) is 4.03. The summed E-state index contributed by atoms with van der Waals surface area (Å²) in [7, 11) is 0. The molecule has 0 radical (unpaired) electrons. The Hall–Kier alpha value is -2.35. The van der Waals surface area contributed by atoms with Crippen molar-refractivity contribution in [2.75, 3.05) is 5.73 Å². The summed E-state index contributed by atoms with van der Waals surface area (Å²) in [5, 5.41) is 12.7. The fraction of sp³-hybridized carbons (Fsp3) is 0.0909. The van der Waals surface area contributed by atoms with E-state index in [1.807, 2.05) is 6.07 Å². The van der Waals surface area contributed by atoms with Gasteiger partial charge in [0.1, 0.15) is 17.4 Å². The number of halogens is 1. The highest BCUT2D eigenvalue weighted by Gasteiger charge is 2.04. The number of anilines is 1. The topological polar surface area (TPSA) is 67.6 Å². The van der Waals surface area contributed by atoms with E-state index in [0.717, 1.165) is 5.56 Å². The number of nitrogens with zero attached hydrogens (tertiary/aromatic N) is 3. The van der Waals surface area contributed by atoms with Crippen molar-refractivity contribution in [3.05, 3.63) is 47.4 Å². The van der Waals surface area contributed by atoms with Crippen LogP contribution in [0.25, 0.3) is 0 Å². The van der Waals surface area contributed by atoms with E-state index in [-0.39, 0.29) is 11.6 Å². The molecule has 0 bridgehead atoms. The van der Waals surface area contributed by atoms with E-state index >= 15 is 0 Å². The van der Waals surface area contributed by atoms with Crippen molar-refractivity contribution in [1.29, 1.82) is 5.26 Å². The molecule has 0 amide bonds. The van der Waals surface area contributed by atoms with Gasteiger partial charge in [0.15, 0.2) is 5.82 Å². The van der Waals surface area contributed by atoms with Gasteiger partial charge in [0.05, 0.1) is 6.54 Å². The van der Waals surface area contributed by atoms with Crippen molar-refractivity contribution in [2.45, 2.75) is 6.54 Å². The number of nitriles is 1. The zero-order valence-corrected chi connectivity index (χ0v) is 8.39. The molecule has 0 saturated carbocycles. The molecule has 0 spiro atoms. The van der Waals surface area contributed by atoms with Gasteiger partial charge in [-0.05, 0) is 17.7 Å². The Morgan fingerprint density at radius 2 is 2.06 bits per heavy atom. The lowest BCUT2D eigenvalue weighted by atomic mass is 10.2. The maximum absolute atomic E-state index is 12.7. The van der Waals surface area contributed by atoms with E-state index in [1.165, 1.54) is 12.1 Å². The van der Waals surface area contributed by atoms with Gasteiger partial charge in [-0.1, -0.05) is 12.1 Å². The minimum Gasteiger partial charge on any atom is -0.381 e. The summed E-state index contributed by atoms with van der Waals surface area (Å²) in [5.41, 5.74) is 6.76. The molecule has 80 valence electrons. The van der Waals surface area contributed by atoms with Crippen LogP contribution in [-0.2, 0) is 6.54 Å². The predicted molar refractivity (Wildman–Crippen MR) is 56.9 cm³/mol. The van der Waals surface area contributed by atoms with Crippen molar-refractivity contribution in [3.8, 4) is 6.07 Å². The van der Waals surface area contributed by atoms with Gasteiger partial charge in [-0.25, -0.2) is 4.39 Å². The fourth-order valence-corrected chi connectivity index (χ4v) is 1.38. The quantitative estimate of drug-likeness (QED) is 0.827. The van der Waals surface area contributed by atoms with Gasteiger partial charge in [-0.2, -0.15) is 10.4 Å². The van der Waals surface area contributed by atoms with Crippen molar-refractivity contribution < 1.29 is 4.39 Å². The molecular weight excluding hydrogens is 207 g/mol. The first-order valence-corrected chi connectivity index (χ1v) is 4.66. The lowest BCUT2D eigenvalue weighted by molar-refractivity contribution is 0.624. The Morgan fingerprint density at radius 3 is 2.62 bits per heavy atom. The second-order valence-electron chi connectivity index (χ2n) is 3.36. The molecule has 1 aromatic carbocycles. The average molecular weight is 216 g/mol. The van der Waals surface area contributed by atoms with Gasteiger partial charge >= 0.3 is 0 Å². The van der Waals surface area contributed by atoms with E-state index in [4.69, 9.17) is 11.0 Å². The van der Waals surface area contributed by atoms with Gasteiger partial charge in [0, 0.05) is 6.20 Å². The number of nitrogens with two attached hydrogens (primary N) is 1. The predicted octanol–water partition coefficient (Wildman–Crippen LogP) is 1.52. The summed E-state index contributed by atoms with van der Waals surface area (Å²) >= 11 is 0. The molecule has 0 aliphatic carbocycles. The van der Waals surface area contributed by atoms with Crippen molar-refractivity contribution in [2.24, 2.45) is 0 Å². The van der Waals surface area contributed by atoms with Crippen LogP contribution in [0, 0.1) is 17.1 Å². The molecule has 16 heavy (non-hydrogen) atoms. The summed E-state index contributed by atoms with van der Waals surface area (Å²) in [4.78, 5) is 0. The average Bonchev–Trinajstić information content (AvgIpc) is 2.62. The number of benzene rings is 1. The van der Waals surface area contributed by atoms with Crippen LogP contribution in [0.4, 0.5) is 10.2 Å². The maximum atomic E-state index is 12.7. The van der Waals surface area contributed by atoms with E-state index in [1.54, 1.807) is 23.0 Å². The first-order chi connectivity index (χ1) is 7.69. The number of rotatable bonds is 2. The highest BCUT2D eigenvalue weighted by atomic mass is 19.1. The molecule has 1 heterocycles. The second-order valence-corrected chi connectivity index (χ2v) is 3.36. The first-order valence-electron chi connectivity index (χ1n) is 4.66. The molecule has 0 aliphatic rings. The summed E-state index contributed by atoms with van der Waals surface area (Å²) in [6.45, 7) is 0.464. The molecule has 2 aromatic rings. The normalized spacial score (nSPS) is 10.0. The maximum Gasteiger partial charge on any atom is 0.163 e. The minimum absolute atomic E-state index is 0.213. The van der Waals surface area contributed by atoms with Crippen LogP contribution in [0.1, 0.15) is 11.1 Å².